The van der Waals surface area contributed by atoms with E-state index in [1.165, 1.54) is 35.0 Å². The molecule has 0 spiro atoms. The summed E-state index contributed by atoms with van der Waals surface area (Å²) >= 11 is 0.953. The number of pyridine rings is 1. The van der Waals surface area contributed by atoms with Gasteiger partial charge in [0.1, 0.15) is 27.7 Å². The summed E-state index contributed by atoms with van der Waals surface area (Å²) < 4.78 is 19.7. The molecule has 2 aromatic heterocycles. The molecule has 0 aromatic carbocycles. The number of carbonyl (C=O) groups is 1. The summed E-state index contributed by atoms with van der Waals surface area (Å²) in [7, 11) is 0. The molecule has 1 N–H and O–H groups in total. The molecule has 0 unspecified atom stereocenters. The van der Waals surface area contributed by atoms with E-state index in [1.807, 2.05) is 0 Å². The summed E-state index contributed by atoms with van der Waals surface area (Å²) in [6.45, 7) is 5.37. The van der Waals surface area contributed by atoms with Crippen LogP contribution >= 0.6 is 11.3 Å². The quantitative estimate of drug-likeness (QED) is 0.455. The summed E-state index contributed by atoms with van der Waals surface area (Å²) in [6, 6.07) is 5.99. The van der Waals surface area contributed by atoms with Gasteiger partial charge in [-0.15, -0.1) is 11.3 Å². The van der Waals surface area contributed by atoms with Crippen molar-refractivity contribution >= 4 is 34.9 Å². The number of hydrogen-bond donors (Lipinski definition) is 1. The highest BCUT2D eigenvalue weighted by molar-refractivity contribution is 7.07. The summed E-state index contributed by atoms with van der Waals surface area (Å²) in [5, 5.41) is 12.0. The van der Waals surface area contributed by atoms with E-state index in [-0.39, 0.29) is 39.3 Å². The first kappa shape index (κ1) is 19.1. The zero-order valence-corrected chi connectivity index (χ0v) is 14.7. The molecular weight excluding hydrogens is 359 g/mol. The van der Waals surface area contributed by atoms with Crippen molar-refractivity contribution in [2.75, 3.05) is 11.9 Å². The number of aromatic nitrogens is 2. The molecule has 0 saturated heterocycles. The number of thiazole rings is 1. The van der Waals surface area contributed by atoms with Gasteiger partial charge in [-0.2, -0.15) is 9.65 Å². The molecule has 7 nitrogen and oxygen atoms in total. The van der Waals surface area contributed by atoms with Crippen LogP contribution in [-0.4, -0.2) is 22.1 Å². The highest BCUT2D eigenvalue weighted by Crippen LogP contribution is 2.03. The molecule has 0 amide bonds. The van der Waals surface area contributed by atoms with E-state index < -0.39 is 11.9 Å². The predicted octanol–water partition coefficient (Wildman–Crippen LogP) is 0.717. The maximum atomic E-state index is 13.1. The van der Waals surface area contributed by atoms with Crippen LogP contribution in [0.5, 0.6) is 0 Å². The lowest BCUT2D eigenvalue weighted by molar-refractivity contribution is -0.135. The van der Waals surface area contributed by atoms with Crippen LogP contribution < -0.4 is 20.1 Å². The van der Waals surface area contributed by atoms with E-state index in [1.54, 1.807) is 13.0 Å². The molecule has 9 heteroatoms. The predicted molar refractivity (Wildman–Crippen MR) is 96.0 cm³/mol. The molecule has 26 heavy (non-hydrogen) atoms. The lowest BCUT2D eigenvalue weighted by Gasteiger charge is -2.00. The first-order valence-corrected chi connectivity index (χ1v) is 8.34. The zero-order valence-electron chi connectivity index (χ0n) is 13.9. The lowest BCUT2D eigenvalue weighted by atomic mass is 10.3. The fourth-order valence-electron chi connectivity index (χ4n) is 2.01. The van der Waals surface area contributed by atoms with Crippen LogP contribution in [0.3, 0.4) is 0 Å². The number of rotatable bonds is 6. The highest BCUT2D eigenvalue weighted by Gasteiger charge is 2.16. The van der Waals surface area contributed by atoms with Crippen LogP contribution in [-0.2, 0) is 16.1 Å². The zero-order chi connectivity index (χ0) is 19.1. The minimum atomic E-state index is -0.831. The Morgan fingerprint density at radius 1 is 1.58 bits per heavy atom. The van der Waals surface area contributed by atoms with Crippen molar-refractivity contribution in [3.8, 4) is 6.07 Å². The first-order chi connectivity index (χ1) is 12.5. The van der Waals surface area contributed by atoms with Crippen LogP contribution in [0.1, 0.15) is 6.92 Å². The molecule has 0 fully saturated rings. The van der Waals surface area contributed by atoms with Gasteiger partial charge in [-0.1, -0.05) is 18.7 Å². The van der Waals surface area contributed by atoms with Gasteiger partial charge in [0, 0.05) is 12.7 Å². The standard InChI is InChI=1S/C17H15FN4O3S/c1-3-8-25-17(24)11(9-19)16-22(4-2)15(23)12(26-16)10-20-14-7-5-6-13(18)21-14/h3,5-7,10H,1,4,8H2,2H3,(H,20,21)/b12-10+,16-11-. The Labute approximate surface area is 152 Å². The van der Waals surface area contributed by atoms with Gasteiger partial charge in [0.15, 0.2) is 5.57 Å². The van der Waals surface area contributed by atoms with Gasteiger partial charge < -0.3 is 10.1 Å². The van der Waals surface area contributed by atoms with Crippen LogP contribution in [0, 0.1) is 17.3 Å². The Morgan fingerprint density at radius 3 is 2.96 bits per heavy atom. The average molecular weight is 374 g/mol. The molecule has 0 bridgehead atoms. The molecule has 0 saturated carbocycles. The van der Waals surface area contributed by atoms with Crippen molar-refractivity contribution in [3.63, 3.8) is 0 Å². The minimum Gasteiger partial charge on any atom is -0.457 e. The molecule has 0 atom stereocenters. The molecule has 0 aliphatic carbocycles. The number of nitrogens with zero attached hydrogens (tertiary/aromatic N) is 3. The topological polar surface area (TPSA) is 97.0 Å². The van der Waals surface area contributed by atoms with Crippen LogP contribution in [0.4, 0.5) is 10.2 Å². The summed E-state index contributed by atoms with van der Waals surface area (Å²) in [6.07, 6.45) is 2.73. The molecule has 0 aliphatic rings. The molecule has 0 radical (unpaired) electrons. The Kier molecular flexibility index (Phi) is 6.41. The first-order valence-electron chi connectivity index (χ1n) is 7.53. The Hall–Kier alpha value is -3.25. The summed E-state index contributed by atoms with van der Waals surface area (Å²) in [5.74, 6) is -1.27. The van der Waals surface area contributed by atoms with E-state index in [2.05, 4.69) is 16.9 Å². The van der Waals surface area contributed by atoms with Crippen molar-refractivity contribution < 1.29 is 13.9 Å². The van der Waals surface area contributed by atoms with Crippen molar-refractivity contribution in [2.45, 2.75) is 13.5 Å². The van der Waals surface area contributed by atoms with Gasteiger partial charge in [0.2, 0.25) is 5.95 Å². The monoisotopic (exact) mass is 374 g/mol. The summed E-state index contributed by atoms with van der Waals surface area (Å²) in [5.41, 5.74) is -0.653. The number of halogens is 1. The molecule has 0 aliphatic heterocycles. The molecule has 2 rings (SSSR count). The van der Waals surface area contributed by atoms with Crippen LogP contribution in [0.2, 0.25) is 0 Å². The third-order valence-corrected chi connectivity index (χ3v) is 4.28. The average Bonchev–Trinajstić information content (AvgIpc) is 2.94. The van der Waals surface area contributed by atoms with E-state index in [0.717, 1.165) is 11.3 Å². The number of carbonyl (C=O) groups excluding carboxylic acids is 1. The van der Waals surface area contributed by atoms with E-state index in [9.17, 15) is 19.2 Å². The fraction of sp³-hybridized carbons (Fsp3) is 0.176. The largest absolute Gasteiger partial charge is 0.457 e. The normalized spacial score (nSPS) is 12.3. The second kappa shape index (κ2) is 8.73. The maximum absolute atomic E-state index is 13.1. The van der Waals surface area contributed by atoms with Gasteiger partial charge in [0.05, 0.1) is 0 Å². The Bertz CT molecular complexity index is 1050. The fourth-order valence-corrected chi connectivity index (χ4v) is 3.09. The van der Waals surface area contributed by atoms with Crippen molar-refractivity contribution in [1.82, 2.24) is 9.55 Å². The maximum Gasteiger partial charge on any atom is 0.352 e. The second-order valence-corrected chi connectivity index (χ2v) is 5.86. The number of esters is 1. The lowest BCUT2D eigenvalue weighted by Crippen LogP contribution is -2.32. The van der Waals surface area contributed by atoms with Gasteiger partial charge in [0.25, 0.3) is 5.56 Å². The van der Waals surface area contributed by atoms with Gasteiger partial charge >= 0.3 is 5.97 Å². The Morgan fingerprint density at radius 2 is 2.35 bits per heavy atom. The van der Waals surface area contributed by atoms with E-state index in [4.69, 9.17) is 4.74 Å². The van der Waals surface area contributed by atoms with E-state index in [0.29, 0.717) is 0 Å². The second-order valence-electron chi connectivity index (χ2n) is 4.83. The van der Waals surface area contributed by atoms with E-state index >= 15 is 0 Å². The Balaban J connectivity index is 2.55. The van der Waals surface area contributed by atoms with Crippen LogP contribution in [0.15, 0.2) is 35.6 Å². The van der Waals surface area contributed by atoms with Gasteiger partial charge in [-0.3, -0.25) is 9.36 Å². The third kappa shape index (κ3) is 4.23. The molecule has 134 valence electrons. The minimum absolute atomic E-state index is 0.0441. The van der Waals surface area contributed by atoms with Gasteiger partial charge in [-0.05, 0) is 19.1 Å². The summed E-state index contributed by atoms with van der Waals surface area (Å²) in [4.78, 5) is 28.1. The molecule has 2 heterocycles. The molecular formula is C17H15FN4O3S. The van der Waals surface area contributed by atoms with Gasteiger partial charge in [-0.25, -0.2) is 9.78 Å². The van der Waals surface area contributed by atoms with Crippen LogP contribution in [0.25, 0.3) is 11.8 Å². The number of nitriles is 1. The molecule has 2 aromatic rings. The number of anilines is 1. The smallest absolute Gasteiger partial charge is 0.352 e. The number of ether oxygens (including phenoxy) is 1. The third-order valence-electron chi connectivity index (χ3n) is 3.15. The highest BCUT2D eigenvalue weighted by atomic mass is 32.1. The SMILES string of the molecule is C=CCOC(=O)/C(C#N)=c1\s/c(=C/Nc2cccc(F)n2)c(=O)n1CC. The number of hydrogen-bond acceptors (Lipinski definition) is 7. The van der Waals surface area contributed by atoms with Crippen molar-refractivity contribution in [2.24, 2.45) is 0 Å². The van der Waals surface area contributed by atoms with Crippen molar-refractivity contribution in [1.29, 1.82) is 5.26 Å². The van der Waals surface area contributed by atoms with Crippen molar-refractivity contribution in [3.05, 3.63) is 56.4 Å². The number of nitrogens with one attached hydrogen (secondary N) is 1.